The van der Waals surface area contributed by atoms with E-state index in [1.54, 1.807) is 0 Å². The number of hydrogen-bond donors (Lipinski definition) is 0. The van der Waals surface area contributed by atoms with Crippen molar-refractivity contribution in [2.45, 2.75) is 39.5 Å². The Balaban J connectivity index is 1.97. The van der Waals surface area contributed by atoms with Crippen LogP contribution in [0.25, 0.3) is 0 Å². The van der Waals surface area contributed by atoms with E-state index in [1.165, 1.54) is 5.56 Å². The highest BCUT2D eigenvalue weighted by Gasteiger charge is 2.20. The van der Waals surface area contributed by atoms with Crippen molar-refractivity contribution in [3.05, 3.63) is 59.7 Å². The lowest BCUT2D eigenvalue weighted by Crippen LogP contribution is -2.20. The van der Waals surface area contributed by atoms with Crippen LogP contribution in [0.4, 0.5) is 0 Å². The molecule has 0 saturated carbocycles. The number of para-hydroxylation sites is 1. The molecule has 2 rings (SSSR count). The molecule has 3 heteroatoms. The molecule has 0 aliphatic rings. The van der Waals surface area contributed by atoms with Gasteiger partial charge < -0.3 is 9.47 Å². The molecule has 0 unspecified atom stereocenters. The summed E-state index contributed by atoms with van der Waals surface area (Å²) in [4.78, 5) is 12.0. The summed E-state index contributed by atoms with van der Waals surface area (Å²) in [7, 11) is 0. The Morgan fingerprint density at radius 1 is 1.00 bits per heavy atom. The summed E-state index contributed by atoms with van der Waals surface area (Å²) in [5, 5.41) is 0. The third-order valence-corrected chi connectivity index (χ3v) is 3.61. The van der Waals surface area contributed by atoms with Crippen LogP contribution in [0.2, 0.25) is 0 Å². The Morgan fingerprint density at radius 2 is 1.65 bits per heavy atom. The molecule has 0 N–H and O–H groups in total. The summed E-state index contributed by atoms with van der Waals surface area (Å²) in [5.74, 6) is 0.861. The van der Waals surface area contributed by atoms with Crippen molar-refractivity contribution < 1.29 is 14.3 Å². The Bertz CT molecular complexity index is 651. The van der Waals surface area contributed by atoms with Crippen LogP contribution >= 0.6 is 0 Å². The van der Waals surface area contributed by atoms with Crippen LogP contribution in [-0.2, 0) is 16.6 Å². The van der Waals surface area contributed by atoms with Crippen molar-refractivity contribution in [2.75, 3.05) is 6.61 Å². The highest BCUT2D eigenvalue weighted by atomic mass is 16.6. The minimum atomic E-state index is -0.402. The lowest BCUT2D eigenvalue weighted by atomic mass is 9.86. The summed E-state index contributed by atoms with van der Waals surface area (Å²) in [5.41, 5.74) is 2.15. The Kier molecular flexibility index (Phi) is 5.43. The van der Waals surface area contributed by atoms with Crippen LogP contribution in [0, 0.1) is 0 Å². The monoisotopic (exact) mass is 312 g/mol. The van der Waals surface area contributed by atoms with Gasteiger partial charge in [0.05, 0.1) is 0 Å². The fourth-order valence-corrected chi connectivity index (χ4v) is 2.29. The van der Waals surface area contributed by atoms with Crippen LogP contribution in [0.5, 0.6) is 11.5 Å². The van der Waals surface area contributed by atoms with E-state index in [4.69, 9.17) is 9.47 Å². The van der Waals surface area contributed by atoms with Gasteiger partial charge in [0, 0.05) is 5.56 Å². The first kappa shape index (κ1) is 17.1. The number of carbonyl (C=O) groups is 1. The molecule has 0 atom stereocenters. The molecule has 122 valence electrons. The molecular weight excluding hydrogens is 288 g/mol. The topological polar surface area (TPSA) is 35.5 Å². The fraction of sp³-hybridized carbons (Fsp3) is 0.350. The van der Waals surface area contributed by atoms with E-state index in [-0.39, 0.29) is 12.0 Å². The van der Waals surface area contributed by atoms with Crippen molar-refractivity contribution in [3.8, 4) is 11.5 Å². The predicted octanol–water partition coefficient (Wildman–Crippen LogP) is 4.53. The molecule has 0 amide bonds. The van der Waals surface area contributed by atoms with Crippen molar-refractivity contribution in [3.63, 3.8) is 0 Å². The lowest BCUT2D eigenvalue weighted by molar-refractivity contribution is -0.136. The van der Waals surface area contributed by atoms with Gasteiger partial charge in [-0.2, -0.15) is 0 Å². The number of rotatable bonds is 5. The van der Waals surface area contributed by atoms with E-state index in [2.05, 4.69) is 27.7 Å². The molecule has 0 heterocycles. The van der Waals surface area contributed by atoms with Crippen LogP contribution in [0.1, 0.15) is 38.8 Å². The van der Waals surface area contributed by atoms with Gasteiger partial charge in [0.15, 0.2) is 6.61 Å². The molecule has 2 aromatic carbocycles. The van der Waals surface area contributed by atoms with Crippen molar-refractivity contribution in [2.24, 2.45) is 0 Å². The molecule has 23 heavy (non-hydrogen) atoms. The average Bonchev–Trinajstić information content (AvgIpc) is 2.53. The maximum absolute atomic E-state index is 12.0. The van der Waals surface area contributed by atoms with E-state index < -0.39 is 5.97 Å². The molecule has 0 aromatic heterocycles. The molecule has 0 spiro atoms. The molecule has 0 saturated heterocycles. The summed E-state index contributed by atoms with van der Waals surface area (Å²) in [6, 6.07) is 15.3. The number of carbonyl (C=O) groups excluding carboxylic acids is 1. The summed E-state index contributed by atoms with van der Waals surface area (Å²) in [6.45, 7) is 8.26. The van der Waals surface area contributed by atoms with Crippen LogP contribution < -0.4 is 9.47 Å². The van der Waals surface area contributed by atoms with E-state index in [1.807, 2.05) is 48.5 Å². The number of aryl methyl sites for hydroxylation is 1. The van der Waals surface area contributed by atoms with Gasteiger partial charge >= 0.3 is 5.97 Å². The van der Waals surface area contributed by atoms with Crippen molar-refractivity contribution in [1.82, 2.24) is 0 Å². The molecule has 0 fully saturated rings. The fourth-order valence-electron chi connectivity index (χ4n) is 2.29. The third-order valence-electron chi connectivity index (χ3n) is 3.61. The van der Waals surface area contributed by atoms with Gasteiger partial charge in [0.25, 0.3) is 0 Å². The zero-order valence-electron chi connectivity index (χ0n) is 14.3. The van der Waals surface area contributed by atoms with E-state index in [0.29, 0.717) is 11.5 Å². The average molecular weight is 312 g/mol. The number of hydrogen-bond acceptors (Lipinski definition) is 3. The smallest absolute Gasteiger partial charge is 0.349 e. The number of esters is 1. The molecule has 2 aromatic rings. The molecule has 0 aliphatic carbocycles. The Morgan fingerprint density at radius 3 is 2.26 bits per heavy atom. The normalized spacial score (nSPS) is 11.1. The van der Waals surface area contributed by atoms with Crippen molar-refractivity contribution in [1.29, 1.82) is 0 Å². The minimum Gasteiger partial charge on any atom is -0.482 e. The van der Waals surface area contributed by atoms with Gasteiger partial charge in [0.1, 0.15) is 11.5 Å². The molecule has 3 nitrogen and oxygen atoms in total. The van der Waals surface area contributed by atoms with Gasteiger partial charge in [-0.1, -0.05) is 58.0 Å². The van der Waals surface area contributed by atoms with Crippen LogP contribution in [-0.4, -0.2) is 12.6 Å². The van der Waals surface area contributed by atoms with Crippen LogP contribution in [0.15, 0.2) is 48.5 Å². The Hall–Kier alpha value is -2.29. The van der Waals surface area contributed by atoms with Gasteiger partial charge in [-0.15, -0.1) is 0 Å². The summed E-state index contributed by atoms with van der Waals surface area (Å²) >= 11 is 0. The maximum atomic E-state index is 12.0. The zero-order valence-corrected chi connectivity index (χ0v) is 14.3. The summed E-state index contributed by atoms with van der Waals surface area (Å²) in [6.07, 6.45) is 0.978. The van der Waals surface area contributed by atoms with E-state index in [0.717, 1.165) is 12.0 Å². The van der Waals surface area contributed by atoms with Crippen LogP contribution in [0.3, 0.4) is 0 Å². The lowest BCUT2D eigenvalue weighted by Gasteiger charge is -2.22. The highest BCUT2D eigenvalue weighted by Crippen LogP contribution is 2.31. The van der Waals surface area contributed by atoms with Gasteiger partial charge in [-0.05, 0) is 35.6 Å². The first-order chi connectivity index (χ1) is 10.9. The molecule has 0 aliphatic heterocycles. The molecular formula is C20H24O3. The first-order valence-electron chi connectivity index (χ1n) is 7.92. The second kappa shape index (κ2) is 7.32. The van der Waals surface area contributed by atoms with E-state index in [9.17, 15) is 4.79 Å². The molecule has 0 radical (unpaired) electrons. The predicted molar refractivity (Wildman–Crippen MR) is 92.1 cm³/mol. The van der Waals surface area contributed by atoms with E-state index >= 15 is 0 Å². The van der Waals surface area contributed by atoms with Gasteiger partial charge in [0.2, 0.25) is 0 Å². The second-order valence-corrected chi connectivity index (χ2v) is 6.51. The standard InChI is InChI=1S/C20H24O3/c1-5-15-10-12-16(13-11-15)22-14-19(21)23-18-9-7-6-8-17(18)20(2,3)4/h6-13H,5,14H2,1-4H3. The maximum Gasteiger partial charge on any atom is 0.349 e. The van der Waals surface area contributed by atoms with Crippen molar-refractivity contribution >= 4 is 5.97 Å². The largest absolute Gasteiger partial charge is 0.482 e. The SMILES string of the molecule is CCc1ccc(OCC(=O)Oc2ccccc2C(C)(C)C)cc1. The third kappa shape index (κ3) is 4.85. The first-order valence-corrected chi connectivity index (χ1v) is 7.92. The molecule has 0 bridgehead atoms. The quantitative estimate of drug-likeness (QED) is 0.601. The minimum absolute atomic E-state index is 0.0896. The van der Waals surface area contributed by atoms with Gasteiger partial charge in [-0.3, -0.25) is 0 Å². The number of benzene rings is 2. The number of ether oxygens (including phenoxy) is 2. The Labute approximate surface area is 138 Å². The highest BCUT2D eigenvalue weighted by molar-refractivity contribution is 5.74. The van der Waals surface area contributed by atoms with Gasteiger partial charge in [-0.25, -0.2) is 4.79 Å². The zero-order chi connectivity index (χ0) is 16.9. The second-order valence-electron chi connectivity index (χ2n) is 6.51. The summed E-state index contributed by atoms with van der Waals surface area (Å²) < 4.78 is 11.0.